The van der Waals surface area contributed by atoms with Gasteiger partial charge >= 0.3 is 0 Å². The maximum Gasteiger partial charge on any atom is 0.115 e. The Bertz CT molecular complexity index is 443. The number of rotatable bonds is 5. The first kappa shape index (κ1) is 15.3. The molecule has 0 aliphatic heterocycles. The van der Waals surface area contributed by atoms with Crippen LogP contribution in [0.3, 0.4) is 0 Å². The lowest BCUT2D eigenvalue weighted by Crippen LogP contribution is -2.44. The highest BCUT2D eigenvalue weighted by Gasteiger charge is 2.24. The Balaban J connectivity index is 2.14. The van der Waals surface area contributed by atoms with Crippen LogP contribution in [0.1, 0.15) is 43.9 Å². The lowest BCUT2D eigenvalue weighted by molar-refractivity contribution is 0.260. The maximum absolute atomic E-state index is 9.64. The van der Waals surface area contributed by atoms with Crippen LogP contribution in [0.2, 0.25) is 0 Å². The Morgan fingerprint density at radius 1 is 1.35 bits per heavy atom. The van der Waals surface area contributed by atoms with E-state index in [0.717, 1.165) is 13.0 Å². The van der Waals surface area contributed by atoms with Gasteiger partial charge in [-0.3, -0.25) is 0 Å². The van der Waals surface area contributed by atoms with Crippen molar-refractivity contribution in [3.8, 4) is 5.75 Å². The molecule has 2 atom stereocenters. The smallest absolute Gasteiger partial charge is 0.115 e. The molecular weight excluding hydrogens is 248 g/mol. The summed E-state index contributed by atoms with van der Waals surface area (Å²) in [6.07, 6.45) is 3.47. The first-order chi connectivity index (χ1) is 9.47. The molecule has 20 heavy (non-hydrogen) atoms. The molecule has 0 amide bonds. The van der Waals surface area contributed by atoms with Crippen LogP contribution in [0.25, 0.3) is 0 Å². The molecule has 1 aromatic carbocycles. The van der Waals surface area contributed by atoms with E-state index >= 15 is 0 Å². The van der Waals surface area contributed by atoms with Crippen molar-refractivity contribution in [2.45, 2.75) is 45.2 Å². The normalized spacial score (nSPS) is 20.2. The fourth-order valence-corrected chi connectivity index (χ4v) is 3.08. The zero-order chi connectivity index (χ0) is 14.7. The molecule has 1 aromatic rings. The number of benzene rings is 1. The third-order valence-corrected chi connectivity index (χ3v) is 4.22. The zero-order valence-electron chi connectivity index (χ0n) is 13.2. The number of nitrogens with one attached hydrogen (secondary N) is 1. The van der Waals surface area contributed by atoms with Crippen molar-refractivity contribution in [1.82, 2.24) is 10.2 Å². The van der Waals surface area contributed by atoms with Gasteiger partial charge in [0.25, 0.3) is 0 Å². The molecule has 2 rings (SSSR count). The van der Waals surface area contributed by atoms with Gasteiger partial charge < -0.3 is 15.3 Å². The van der Waals surface area contributed by atoms with E-state index < -0.39 is 0 Å². The van der Waals surface area contributed by atoms with Gasteiger partial charge in [0.1, 0.15) is 5.75 Å². The standard InChI is InChI=1S/C17H28N2O/c1-12(2)17(11-19(3)4)18-16-7-5-6-13-10-14(20)8-9-15(13)16/h8-10,12,16-18,20H,5-7,11H2,1-4H3. The second-order valence-corrected chi connectivity index (χ2v) is 6.61. The second-order valence-electron chi connectivity index (χ2n) is 6.61. The molecule has 1 aliphatic carbocycles. The SMILES string of the molecule is CC(C)C(CN(C)C)NC1CCCc2cc(O)ccc21. The molecule has 2 unspecified atom stereocenters. The van der Waals surface area contributed by atoms with Gasteiger partial charge in [-0.15, -0.1) is 0 Å². The van der Waals surface area contributed by atoms with E-state index in [4.69, 9.17) is 0 Å². The molecular formula is C17H28N2O. The summed E-state index contributed by atoms with van der Waals surface area (Å²) < 4.78 is 0. The highest BCUT2D eigenvalue weighted by atomic mass is 16.3. The van der Waals surface area contributed by atoms with Gasteiger partial charge in [0.15, 0.2) is 0 Å². The number of nitrogens with zero attached hydrogens (tertiary/aromatic N) is 1. The average Bonchev–Trinajstić information content (AvgIpc) is 2.37. The van der Waals surface area contributed by atoms with E-state index in [2.05, 4.69) is 44.2 Å². The Kier molecular flexibility index (Phi) is 5.06. The van der Waals surface area contributed by atoms with Crippen LogP contribution in [0.15, 0.2) is 18.2 Å². The molecule has 0 fully saturated rings. The number of hydrogen-bond donors (Lipinski definition) is 2. The van der Waals surface area contributed by atoms with Gasteiger partial charge in [0.05, 0.1) is 0 Å². The van der Waals surface area contributed by atoms with E-state index in [1.165, 1.54) is 24.0 Å². The van der Waals surface area contributed by atoms with Crippen molar-refractivity contribution in [2.75, 3.05) is 20.6 Å². The highest BCUT2D eigenvalue weighted by molar-refractivity contribution is 5.38. The van der Waals surface area contributed by atoms with E-state index in [-0.39, 0.29) is 0 Å². The van der Waals surface area contributed by atoms with Crippen molar-refractivity contribution < 1.29 is 5.11 Å². The topological polar surface area (TPSA) is 35.5 Å². The molecule has 0 spiro atoms. The summed E-state index contributed by atoms with van der Waals surface area (Å²) in [7, 11) is 4.26. The van der Waals surface area contributed by atoms with E-state index in [0.29, 0.717) is 23.8 Å². The molecule has 112 valence electrons. The molecule has 3 heteroatoms. The van der Waals surface area contributed by atoms with Crippen molar-refractivity contribution in [2.24, 2.45) is 5.92 Å². The summed E-state index contributed by atoms with van der Waals surface area (Å²) in [5.41, 5.74) is 2.68. The number of phenolic OH excluding ortho intramolecular Hbond substituents is 1. The molecule has 0 radical (unpaired) electrons. The summed E-state index contributed by atoms with van der Waals surface area (Å²) in [6, 6.07) is 6.75. The van der Waals surface area contributed by atoms with Gasteiger partial charge in [-0.05, 0) is 62.5 Å². The average molecular weight is 276 g/mol. The number of likely N-dealkylation sites (N-methyl/N-ethyl adjacent to an activating group) is 1. The van der Waals surface area contributed by atoms with Crippen molar-refractivity contribution in [1.29, 1.82) is 0 Å². The van der Waals surface area contributed by atoms with Gasteiger partial charge in [0, 0.05) is 18.6 Å². The zero-order valence-corrected chi connectivity index (χ0v) is 13.2. The monoisotopic (exact) mass is 276 g/mol. The van der Waals surface area contributed by atoms with Crippen LogP contribution < -0.4 is 5.32 Å². The molecule has 0 aromatic heterocycles. The minimum absolute atomic E-state index is 0.387. The molecule has 0 bridgehead atoms. The lowest BCUT2D eigenvalue weighted by atomic mass is 9.86. The van der Waals surface area contributed by atoms with Gasteiger partial charge in [-0.1, -0.05) is 19.9 Å². The second kappa shape index (κ2) is 6.59. The lowest BCUT2D eigenvalue weighted by Gasteiger charge is -2.33. The van der Waals surface area contributed by atoms with Crippen molar-refractivity contribution in [3.63, 3.8) is 0 Å². The molecule has 3 nitrogen and oxygen atoms in total. The van der Waals surface area contributed by atoms with E-state index in [1.54, 1.807) is 0 Å². The Morgan fingerprint density at radius 3 is 2.75 bits per heavy atom. The van der Waals surface area contributed by atoms with Crippen LogP contribution in [0.4, 0.5) is 0 Å². The predicted molar refractivity (Wildman–Crippen MR) is 84.1 cm³/mol. The summed E-state index contributed by atoms with van der Waals surface area (Å²) in [5, 5.41) is 13.5. The van der Waals surface area contributed by atoms with Crippen LogP contribution in [-0.2, 0) is 6.42 Å². The number of aryl methyl sites for hydroxylation is 1. The largest absolute Gasteiger partial charge is 0.508 e. The van der Waals surface area contributed by atoms with E-state index in [1.807, 2.05) is 12.1 Å². The van der Waals surface area contributed by atoms with Crippen LogP contribution >= 0.6 is 0 Å². The van der Waals surface area contributed by atoms with Crippen molar-refractivity contribution in [3.05, 3.63) is 29.3 Å². The molecule has 1 aliphatic rings. The van der Waals surface area contributed by atoms with Gasteiger partial charge in [0.2, 0.25) is 0 Å². The Labute approximate surface area is 123 Å². The first-order valence-corrected chi connectivity index (χ1v) is 7.70. The highest BCUT2D eigenvalue weighted by Crippen LogP contribution is 2.32. The summed E-state index contributed by atoms with van der Waals surface area (Å²) in [4.78, 5) is 2.25. The number of phenols is 1. The third-order valence-electron chi connectivity index (χ3n) is 4.22. The summed E-state index contributed by atoms with van der Waals surface area (Å²) in [5.74, 6) is 0.998. The maximum atomic E-state index is 9.64. The third kappa shape index (κ3) is 3.74. The molecule has 0 saturated heterocycles. The Morgan fingerprint density at radius 2 is 2.10 bits per heavy atom. The Hall–Kier alpha value is -1.06. The number of hydrogen-bond acceptors (Lipinski definition) is 3. The van der Waals surface area contributed by atoms with Crippen molar-refractivity contribution >= 4 is 0 Å². The van der Waals surface area contributed by atoms with Crippen LogP contribution in [-0.4, -0.2) is 36.7 Å². The fraction of sp³-hybridized carbons (Fsp3) is 0.647. The van der Waals surface area contributed by atoms with Gasteiger partial charge in [-0.25, -0.2) is 0 Å². The minimum Gasteiger partial charge on any atom is -0.508 e. The molecule has 0 saturated carbocycles. The van der Waals surface area contributed by atoms with Gasteiger partial charge in [-0.2, -0.15) is 0 Å². The fourth-order valence-electron chi connectivity index (χ4n) is 3.08. The summed E-state index contributed by atoms with van der Waals surface area (Å²) in [6.45, 7) is 5.62. The summed E-state index contributed by atoms with van der Waals surface area (Å²) >= 11 is 0. The van der Waals surface area contributed by atoms with E-state index in [9.17, 15) is 5.11 Å². The van der Waals surface area contributed by atoms with Crippen LogP contribution in [0, 0.1) is 5.92 Å². The predicted octanol–water partition coefficient (Wildman–Crippen LogP) is 2.95. The quantitative estimate of drug-likeness (QED) is 0.868. The number of aromatic hydroxyl groups is 1. The first-order valence-electron chi connectivity index (χ1n) is 7.70. The minimum atomic E-state index is 0.387. The number of fused-ring (bicyclic) bond motifs is 1. The molecule has 2 N–H and O–H groups in total. The molecule has 0 heterocycles. The van der Waals surface area contributed by atoms with Crippen LogP contribution in [0.5, 0.6) is 5.75 Å².